The molecule has 1 unspecified atom stereocenters. The van der Waals surface area contributed by atoms with Gasteiger partial charge in [0.1, 0.15) is 5.60 Å². The molecule has 0 aromatic heterocycles. The van der Waals surface area contributed by atoms with Gasteiger partial charge in [0.25, 0.3) is 0 Å². The molecule has 91 valence electrons. The van der Waals surface area contributed by atoms with Crippen LogP contribution in [0.5, 0.6) is 0 Å². The predicted octanol–water partition coefficient (Wildman–Crippen LogP) is 1.29. The van der Waals surface area contributed by atoms with Gasteiger partial charge in [-0.3, -0.25) is 4.79 Å². The second-order valence-electron chi connectivity index (χ2n) is 4.78. The van der Waals surface area contributed by atoms with Crippen molar-refractivity contribution in [1.29, 1.82) is 0 Å². The zero-order chi connectivity index (χ0) is 13.1. The van der Waals surface area contributed by atoms with Gasteiger partial charge in [-0.1, -0.05) is 30.3 Å². The van der Waals surface area contributed by atoms with Crippen LogP contribution < -0.4 is 5.73 Å². The highest BCUT2D eigenvalue weighted by atomic mass is 16.6. The standard InChI is InChI=1S/C13H16NO3/c1-12(2,3)17-11(16)13(14,9-15)10-7-5-4-6-8-10/h4-8H,14H2,1-3H3. The maximum absolute atomic E-state index is 11.9. The van der Waals surface area contributed by atoms with Crippen molar-refractivity contribution in [1.82, 2.24) is 0 Å². The van der Waals surface area contributed by atoms with Crippen molar-refractivity contribution >= 4 is 12.3 Å². The van der Waals surface area contributed by atoms with Gasteiger partial charge in [-0.15, -0.1) is 0 Å². The summed E-state index contributed by atoms with van der Waals surface area (Å²) >= 11 is 0. The van der Waals surface area contributed by atoms with Gasteiger partial charge in [-0.25, -0.2) is 4.79 Å². The molecule has 0 aliphatic heterocycles. The van der Waals surface area contributed by atoms with E-state index in [1.807, 2.05) is 0 Å². The van der Waals surface area contributed by atoms with Crippen LogP contribution in [0.2, 0.25) is 0 Å². The number of hydrogen-bond donors (Lipinski definition) is 1. The van der Waals surface area contributed by atoms with E-state index >= 15 is 0 Å². The molecule has 1 rings (SSSR count). The van der Waals surface area contributed by atoms with E-state index in [1.165, 1.54) is 0 Å². The molecule has 0 saturated heterocycles. The van der Waals surface area contributed by atoms with Gasteiger partial charge >= 0.3 is 5.97 Å². The van der Waals surface area contributed by atoms with Crippen molar-refractivity contribution < 1.29 is 14.3 Å². The maximum atomic E-state index is 11.9. The van der Waals surface area contributed by atoms with Gasteiger partial charge in [-0.05, 0) is 26.3 Å². The third-order valence-electron chi connectivity index (χ3n) is 2.11. The minimum absolute atomic E-state index is 0.365. The average Bonchev–Trinajstić information content (AvgIpc) is 2.27. The Hall–Kier alpha value is -1.68. The number of esters is 1. The minimum Gasteiger partial charge on any atom is -0.458 e. The number of nitrogens with two attached hydrogens (primary N) is 1. The molecule has 1 atom stereocenters. The van der Waals surface area contributed by atoms with E-state index in [-0.39, 0.29) is 0 Å². The van der Waals surface area contributed by atoms with Crippen molar-refractivity contribution in [2.75, 3.05) is 0 Å². The van der Waals surface area contributed by atoms with E-state index in [0.29, 0.717) is 5.56 Å². The maximum Gasteiger partial charge on any atom is 0.339 e. The molecule has 0 fully saturated rings. The molecule has 0 aliphatic rings. The molecule has 0 spiro atoms. The number of carbonyl (C=O) groups is 1. The van der Waals surface area contributed by atoms with E-state index in [4.69, 9.17) is 10.5 Å². The summed E-state index contributed by atoms with van der Waals surface area (Å²) in [4.78, 5) is 22.9. The normalized spacial score (nSPS) is 14.8. The molecular formula is C13H16NO3. The fourth-order valence-electron chi connectivity index (χ4n) is 1.28. The highest BCUT2D eigenvalue weighted by Gasteiger charge is 2.40. The molecule has 0 saturated carbocycles. The van der Waals surface area contributed by atoms with Crippen LogP contribution in [-0.2, 0) is 19.9 Å². The van der Waals surface area contributed by atoms with Crippen molar-refractivity contribution in [3.63, 3.8) is 0 Å². The van der Waals surface area contributed by atoms with Crippen molar-refractivity contribution in [3.05, 3.63) is 35.9 Å². The molecule has 0 bridgehead atoms. The molecule has 0 amide bonds. The Morgan fingerprint density at radius 3 is 2.18 bits per heavy atom. The van der Waals surface area contributed by atoms with E-state index in [1.54, 1.807) is 57.4 Å². The Bertz CT molecular complexity index is 408. The second kappa shape index (κ2) is 4.67. The molecule has 2 N–H and O–H groups in total. The smallest absolute Gasteiger partial charge is 0.339 e. The van der Waals surface area contributed by atoms with E-state index < -0.39 is 17.1 Å². The summed E-state index contributed by atoms with van der Waals surface area (Å²) in [6.07, 6.45) is 1.57. The number of benzene rings is 1. The molecule has 17 heavy (non-hydrogen) atoms. The number of rotatable bonds is 3. The SMILES string of the molecule is CC(C)(C)OC(=O)C(N)([C]=O)c1ccccc1. The zero-order valence-corrected chi connectivity index (χ0v) is 10.2. The Balaban J connectivity index is 3.05. The number of carbonyl (C=O) groups excluding carboxylic acids is 2. The molecule has 4 nitrogen and oxygen atoms in total. The number of ether oxygens (including phenoxy) is 1. The Morgan fingerprint density at radius 1 is 1.24 bits per heavy atom. The van der Waals surface area contributed by atoms with Crippen LogP contribution >= 0.6 is 0 Å². The van der Waals surface area contributed by atoms with Crippen molar-refractivity contribution in [2.24, 2.45) is 5.73 Å². The number of hydrogen-bond acceptors (Lipinski definition) is 4. The lowest BCUT2D eigenvalue weighted by molar-refractivity contribution is -0.159. The van der Waals surface area contributed by atoms with Gasteiger partial charge in [0.05, 0.1) is 0 Å². The first-order valence-electron chi connectivity index (χ1n) is 5.27. The summed E-state index contributed by atoms with van der Waals surface area (Å²) in [6.45, 7) is 5.13. The lowest BCUT2D eigenvalue weighted by Crippen LogP contribution is -2.49. The molecule has 4 heteroatoms. The molecule has 1 radical (unpaired) electrons. The Morgan fingerprint density at radius 2 is 1.76 bits per heavy atom. The third kappa shape index (κ3) is 3.14. The summed E-state index contributed by atoms with van der Waals surface area (Å²) in [5.74, 6) is -0.800. The van der Waals surface area contributed by atoms with E-state index in [0.717, 1.165) is 0 Å². The van der Waals surface area contributed by atoms with Crippen LogP contribution in [-0.4, -0.2) is 17.9 Å². The van der Waals surface area contributed by atoms with Crippen LogP contribution in [0, 0.1) is 0 Å². The summed E-state index contributed by atoms with van der Waals surface area (Å²) in [7, 11) is 0. The first-order valence-corrected chi connectivity index (χ1v) is 5.27. The third-order valence-corrected chi connectivity index (χ3v) is 2.11. The van der Waals surface area contributed by atoms with Crippen LogP contribution in [0.25, 0.3) is 0 Å². The predicted molar refractivity (Wildman–Crippen MR) is 63.8 cm³/mol. The van der Waals surface area contributed by atoms with Crippen molar-refractivity contribution in [3.8, 4) is 0 Å². The Kier molecular flexibility index (Phi) is 3.68. The summed E-state index contributed by atoms with van der Waals surface area (Å²) in [5, 5.41) is 0. The van der Waals surface area contributed by atoms with Gasteiger partial charge in [-0.2, -0.15) is 0 Å². The van der Waals surface area contributed by atoms with Gasteiger partial charge in [0.2, 0.25) is 11.8 Å². The molecule has 0 heterocycles. The second-order valence-corrected chi connectivity index (χ2v) is 4.78. The monoisotopic (exact) mass is 234 g/mol. The van der Waals surface area contributed by atoms with Crippen LogP contribution in [0.3, 0.4) is 0 Å². The lowest BCUT2D eigenvalue weighted by Gasteiger charge is -2.26. The molecule has 0 aliphatic carbocycles. The fourth-order valence-corrected chi connectivity index (χ4v) is 1.28. The molecule has 1 aromatic carbocycles. The molecule has 1 aromatic rings. The fraction of sp³-hybridized carbons (Fsp3) is 0.385. The van der Waals surface area contributed by atoms with Crippen LogP contribution in [0.15, 0.2) is 30.3 Å². The van der Waals surface area contributed by atoms with Crippen LogP contribution in [0.1, 0.15) is 26.3 Å². The van der Waals surface area contributed by atoms with Gasteiger partial charge in [0, 0.05) is 0 Å². The van der Waals surface area contributed by atoms with E-state index in [9.17, 15) is 9.59 Å². The first-order chi connectivity index (χ1) is 7.79. The Labute approximate surface area is 101 Å². The highest BCUT2D eigenvalue weighted by Crippen LogP contribution is 2.20. The largest absolute Gasteiger partial charge is 0.458 e. The minimum atomic E-state index is -1.87. The quantitative estimate of drug-likeness (QED) is 0.632. The van der Waals surface area contributed by atoms with Gasteiger partial charge in [0.15, 0.2) is 0 Å². The first kappa shape index (κ1) is 13.4. The summed E-state index contributed by atoms with van der Waals surface area (Å²) in [5.41, 5.74) is 3.57. The molecular weight excluding hydrogens is 218 g/mol. The summed E-state index contributed by atoms with van der Waals surface area (Å²) in [6, 6.07) is 8.34. The average molecular weight is 234 g/mol. The summed E-state index contributed by atoms with van der Waals surface area (Å²) < 4.78 is 5.12. The zero-order valence-electron chi connectivity index (χ0n) is 10.2. The van der Waals surface area contributed by atoms with Crippen LogP contribution in [0.4, 0.5) is 0 Å². The lowest BCUT2D eigenvalue weighted by atomic mass is 9.92. The highest BCUT2D eigenvalue weighted by molar-refractivity contribution is 5.99. The van der Waals surface area contributed by atoms with E-state index in [2.05, 4.69) is 0 Å². The van der Waals surface area contributed by atoms with Crippen molar-refractivity contribution in [2.45, 2.75) is 31.9 Å². The topological polar surface area (TPSA) is 69.4 Å². The van der Waals surface area contributed by atoms with Gasteiger partial charge < -0.3 is 10.5 Å².